The van der Waals surface area contributed by atoms with E-state index in [4.69, 9.17) is 11.6 Å². The molecule has 2 rings (SSSR count). The van der Waals surface area contributed by atoms with E-state index in [1.807, 2.05) is 0 Å². The summed E-state index contributed by atoms with van der Waals surface area (Å²) in [5.74, 6) is -0.390. The van der Waals surface area contributed by atoms with Gasteiger partial charge in [0.2, 0.25) is 5.91 Å². The lowest BCUT2D eigenvalue weighted by Crippen LogP contribution is -2.48. The molecule has 1 aliphatic heterocycles. The quantitative estimate of drug-likeness (QED) is 0.873. The van der Waals surface area contributed by atoms with Gasteiger partial charge in [-0.3, -0.25) is 4.79 Å². The first-order valence-corrected chi connectivity index (χ1v) is 5.64. The van der Waals surface area contributed by atoms with Gasteiger partial charge in [-0.05, 0) is 18.2 Å². The molecule has 1 heterocycles. The van der Waals surface area contributed by atoms with Gasteiger partial charge < -0.3 is 10.6 Å². The molecule has 0 bridgehead atoms. The molecule has 1 aromatic carbocycles. The van der Waals surface area contributed by atoms with Gasteiger partial charge in [-0.15, -0.1) is 0 Å². The fourth-order valence-electron chi connectivity index (χ4n) is 1.50. The highest BCUT2D eigenvalue weighted by atomic mass is 35.5. The van der Waals surface area contributed by atoms with Crippen LogP contribution in [0.2, 0.25) is 5.02 Å². The summed E-state index contributed by atoms with van der Waals surface area (Å²) in [7, 11) is 0. The Morgan fingerprint density at radius 2 is 2.06 bits per heavy atom. The molecule has 1 saturated heterocycles. The number of hydrogen-bond donors (Lipinski definition) is 2. The SMILES string of the molecule is O=C(Nc1ccc(C(F)(F)F)cc1Cl)C1CNC1. The first-order chi connectivity index (χ1) is 8.38. The average Bonchev–Trinajstić information content (AvgIpc) is 2.16. The number of amides is 1. The standard InChI is InChI=1S/C11H10ClF3N2O/c12-8-3-7(11(13,14)15)1-2-9(8)17-10(18)6-4-16-5-6/h1-3,6,16H,4-5H2,(H,17,18). The number of carbonyl (C=O) groups excluding carboxylic acids is 1. The summed E-state index contributed by atoms with van der Waals surface area (Å²) in [4.78, 5) is 11.6. The Labute approximate surface area is 106 Å². The third kappa shape index (κ3) is 2.76. The number of alkyl halides is 3. The van der Waals surface area contributed by atoms with Gasteiger partial charge in [0.25, 0.3) is 0 Å². The normalized spacial score (nSPS) is 16.2. The van der Waals surface area contributed by atoms with E-state index in [2.05, 4.69) is 10.6 Å². The molecule has 18 heavy (non-hydrogen) atoms. The lowest BCUT2D eigenvalue weighted by Gasteiger charge is -2.26. The van der Waals surface area contributed by atoms with Crippen LogP contribution in [0.5, 0.6) is 0 Å². The Balaban J connectivity index is 2.12. The Morgan fingerprint density at radius 3 is 2.50 bits per heavy atom. The van der Waals surface area contributed by atoms with Crippen LogP contribution in [0.4, 0.5) is 18.9 Å². The van der Waals surface area contributed by atoms with Gasteiger partial charge in [0.15, 0.2) is 0 Å². The van der Waals surface area contributed by atoms with Crippen molar-refractivity contribution in [3.8, 4) is 0 Å². The monoisotopic (exact) mass is 278 g/mol. The first kappa shape index (κ1) is 13.2. The number of carbonyl (C=O) groups is 1. The number of benzene rings is 1. The molecule has 1 amide bonds. The molecule has 98 valence electrons. The Morgan fingerprint density at radius 1 is 1.39 bits per heavy atom. The van der Waals surface area contributed by atoms with Crippen molar-refractivity contribution in [2.45, 2.75) is 6.18 Å². The summed E-state index contributed by atoms with van der Waals surface area (Å²) in [6.45, 7) is 1.15. The molecule has 0 atom stereocenters. The second-order valence-corrected chi connectivity index (χ2v) is 4.44. The minimum Gasteiger partial charge on any atom is -0.324 e. The second kappa shape index (κ2) is 4.78. The zero-order valence-electron chi connectivity index (χ0n) is 9.14. The molecule has 0 saturated carbocycles. The van der Waals surface area contributed by atoms with E-state index >= 15 is 0 Å². The van der Waals surface area contributed by atoms with Crippen molar-refractivity contribution in [3.63, 3.8) is 0 Å². The van der Waals surface area contributed by atoms with E-state index in [0.717, 1.165) is 18.2 Å². The van der Waals surface area contributed by atoms with Crippen LogP contribution in [0, 0.1) is 5.92 Å². The van der Waals surface area contributed by atoms with Crippen LogP contribution in [0.3, 0.4) is 0 Å². The van der Waals surface area contributed by atoms with Gasteiger partial charge >= 0.3 is 6.18 Å². The summed E-state index contributed by atoms with van der Waals surface area (Å²) in [5, 5.41) is 5.32. The van der Waals surface area contributed by atoms with Crippen molar-refractivity contribution < 1.29 is 18.0 Å². The van der Waals surface area contributed by atoms with E-state index in [9.17, 15) is 18.0 Å². The van der Waals surface area contributed by atoms with Gasteiger partial charge in [0.05, 0.1) is 22.2 Å². The number of hydrogen-bond acceptors (Lipinski definition) is 2. The first-order valence-electron chi connectivity index (χ1n) is 5.26. The number of anilines is 1. The predicted molar refractivity (Wildman–Crippen MR) is 61.4 cm³/mol. The average molecular weight is 279 g/mol. The van der Waals surface area contributed by atoms with Crippen molar-refractivity contribution in [2.24, 2.45) is 5.92 Å². The van der Waals surface area contributed by atoms with Crippen LogP contribution < -0.4 is 10.6 Å². The Kier molecular flexibility index (Phi) is 3.49. The largest absolute Gasteiger partial charge is 0.416 e. The zero-order chi connectivity index (χ0) is 13.3. The molecule has 2 N–H and O–H groups in total. The van der Waals surface area contributed by atoms with E-state index in [1.165, 1.54) is 0 Å². The molecule has 1 aromatic rings. The van der Waals surface area contributed by atoms with Crippen LogP contribution >= 0.6 is 11.6 Å². The maximum Gasteiger partial charge on any atom is 0.416 e. The van der Waals surface area contributed by atoms with Crippen LogP contribution in [-0.4, -0.2) is 19.0 Å². The summed E-state index contributed by atoms with van der Waals surface area (Å²) in [6, 6.07) is 2.85. The lowest BCUT2D eigenvalue weighted by molar-refractivity contribution is -0.137. The van der Waals surface area contributed by atoms with Crippen molar-refractivity contribution in [2.75, 3.05) is 18.4 Å². The maximum absolute atomic E-state index is 12.4. The minimum atomic E-state index is -4.44. The van der Waals surface area contributed by atoms with Crippen molar-refractivity contribution in [1.82, 2.24) is 5.32 Å². The molecule has 3 nitrogen and oxygen atoms in total. The van der Waals surface area contributed by atoms with Crippen molar-refractivity contribution >= 4 is 23.2 Å². The van der Waals surface area contributed by atoms with Gasteiger partial charge in [0, 0.05) is 13.1 Å². The zero-order valence-corrected chi connectivity index (χ0v) is 9.90. The van der Waals surface area contributed by atoms with Gasteiger partial charge in [-0.1, -0.05) is 11.6 Å². The molecular formula is C11H10ClF3N2O. The summed E-state index contributed by atoms with van der Waals surface area (Å²) >= 11 is 5.72. The Bertz CT molecular complexity index is 472. The van der Waals surface area contributed by atoms with Gasteiger partial charge in [-0.25, -0.2) is 0 Å². The topological polar surface area (TPSA) is 41.1 Å². The summed E-state index contributed by atoms with van der Waals surface area (Å²) < 4.78 is 37.2. The fraction of sp³-hybridized carbons (Fsp3) is 0.364. The highest BCUT2D eigenvalue weighted by molar-refractivity contribution is 6.33. The van der Waals surface area contributed by atoms with Crippen LogP contribution in [-0.2, 0) is 11.0 Å². The molecule has 0 aromatic heterocycles. The third-order valence-electron chi connectivity index (χ3n) is 2.71. The van der Waals surface area contributed by atoms with Crippen molar-refractivity contribution in [3.05, 3.63) is 28.8 Å². The van der Waals surface area contributed by atoms with Crippen molar-refractivity contribution in [1.29, 1.82) is 0 Å². The molecule has 0 radical (unpaired) electrons. The van der Waals surface area contributed by atoms with Gasteiger partial charge in [-0.2, -0.15) is 13.2 Å². The predicted octanol–water partition coefficient (Wildman–Crippen LogP) is 2.52. The molecule has 0 aliphatic carbocycles. The number of rotatable bonds is 2. The Hall–Kier alpha value is -1.27. The summed E-state index contributed by atoms with van der Waals surface area (Å²) in [5.41, 5.74) is -0.641. The highest BCUT2D eigenvalue weighted by Crippen LogP contribution is 2.33. The van der Waals surface area contributed by atoms with Crippen LogP contribution in [0.15, 0.2) is 18.2 Å². The van der Waals surface area contributed by atoms with E-state index in [-0.39, 0.29) is 22.5 Å². The minimum absolute atomic E-state index is 0.120. The van der Waals surface area contributed by atoms with E-state index < -0.39 is 11.7 Å². The smallest absolute Gasteiger partial charge is 0.324 e. The molecule has 1 fully saturated rings. The molecule has 7 heteroatoms. The highest BCUT2D eigenvalue weighted by Gasteiger charge is 2.31. The number of nitrogens with one attached hydrogen (secondary N) is 2. The lowest BCUT2D eigenvalue weighted by atomic mass is 10.0. The molecule has 1 aliphatic rings. The van der Waals surface area contributed by atoms with Gasteiger partial charge in [0.1, 0.15) is 0 Å². The fourth-order valence-corrected chi connectivity index (χ4v) is 1.73. The second-order valence-electron chi connectivity index (χ2n) is 4.04. The maximum atomic E-state index is 12.4. The molecule has 0 unspecified atom stereocenters. The van der Waals surface area contributed by atoms with Crippen LogP contribution in [0.25, 0.3) is 0 Å². The van der Waals surface area contributed by atoms with E-state index in [1.54, 1.807) is 0 Å². The van der Waals surface area contributed by atoms with E-state index in [0.29, 0.717) is 13.1 Å². The number of halogens is 4. The molecular weight excluding hydrogens is 269 g/mol. The van der Waals surface area contributed by atoms with Crippen LogP contribution in [0.1, 0.15) is 5.56 Å². The molecule has 0 spiro atoms. The third-order valence-corrected chi connectivity index (χ3v) is 3.02. The summed E-state index contributed by atoms with van der Waals surface area (Å²) in [6.07, 6.45) is -4.44.